The van der Waals surface area contributed by atoms with E-state index in [4.69, 9.17) is 4.74 Å². The quantitative estimate of drug-likeness (QED) is 0.801. The average molecular weight is 310 g/mol. The van der Waals surface area contributed by atoms with Crippen molar-refractivity contribution in [3.8, 4) is 0 Å². The lowest BCUT2D eigenvalue weighted by Crippen LogP contribution is -2.36. The molecule has 1 aliphatic rings. The number of rotatable bonds is 3. The van der Waals surface area contributed by atoms with E-state index in [2.05, 4.69) is 9.72 Å². The van der Waals surface area contributed by atoms with Crippen LogP contribution in [0.3, 0.4) is 0 Å². The number of alkyl halides is 3. The number of nitrogens with zero attached hydrogens (tertiary/aromatic N) is 2. The number of hydrogen-bond donors (Lipinski definition) is 0. The Hall–Kier alpha value is -1.35. The molecule has 1 aromatic rings. The van der Waals surface area contributed by atoms with Gasteiger partial charge in [-0.15, -0.1) is 0 Å². The van der Waals surface area contributed by atoms with E-state index < -0.39 is 22.7 Å². The maximum atomic E-state index is 12.9. The Morgan fingerprint density at radius 1 is 1.45 bits per heavy atom. The van der Waals surface area contributed by atoms with Crippen molar-refractivity contribution in [2.45, 2.75) is 13.1 Å². The van der Waals surface area contributed by atoms with Gasteiger partial charge in [0.15, 0.2) is 10.8 Å². The summed E-state index contributed by atoms with van der Waals surface area (Å²) in [5.41, 5.74) is -1.18. The third kappa shape index (κ3) is 3.21. The van der Waals surface area contributed by atoms with Gasteiger partial charge in [-0.1, -0.05) is 11.3 Å². The first-order chi connectivity index (χ1) is 9.43. The molecule has 0 amide bonds. The van der Waals surface area contributed by atoms with Crippen molar-refractivity contribution in [3.05, 3.63) is 10.6 Å². The minimum Gasteiger partial charge on any atom is -0.462 e. The van der Waals surface area contributed by atoms with Crippen molar-refractivity contribution in [2.24, 2.45) is 0 Å². The lowest BCUT2D eigenvalue weighted by Gasteiger charge is -2.26. The highest BCUT2D eigenvalue weighted by molar-refractivity contribution is 7.17. The van der Waals surface area contributed by atoms with Crippen LogP contribution < -0.4 is 4.90 Å². The van der Waals surface area contributed by atoms with Gasteiger partial charge in [0.1, 0.15) is 4.88 Å². The zero-order chi connectivity index (χ0) is 14.8. The molecular formula is C11H13F3N2O3S. The van der Waals surface area contributed by atoms with Crippen LogP contribution in [0.5, 0.6) is 0 Å². The van der Waals surface area contributed by atoms with Gasteiger partial charge in [-0.25, -0.2) is 9.78 Å². The molecule has 1 saturated heterocycles. The predicted octanol–water partition coefficient (Wildman–Crippen LogP) is 2.18. The second-order valence-electron chi connectivity index (χ2n) is 3.99. The van der Waals surface area contributed by atoms with Gasteiger partial charge in [-0.05, 0) is 6.92 Å². The van der Waals surface area contributed by atoms with Crippen molar-refractivity contribution in [1.29, 1.82) is 0 Å². The fourth-order valence-electron chi connectivity index (χ4n) is 1.73. The highest BCUT2D eigenvalue weighted by atomic mass is 32.1. The van der Waals surface area contributed by atoms with Crippen molar-refractivity contribution in [3.63, 3.8) is 0 Å². The number of esters is 1. The number of carbonyl (C=O) groups excluding carboxylic acids is 1. The molecule has 2 rings (SSSR count). The SMILES string of the molecule is CCOC(=O)c1sc(N2CCOCC2)nc1C(F)(F)F. The fraction of sp³-hybridized carbons (Fsp3) is 0.636. The van der Waals surface area contributed by atoms with Crippen LogP contribution >= 0.6 is 11.3 Å². The van der Waals surface area contributed by atoms with E-state index in [1.54, 1.807) is 4.90 Å². The summed E-state index contributed by atoms with van der Waals surface area (Å²) in [6.07, 6.45) is -4.68. The number of thiazole rings is 1. The molecule has 1 aliphatic heterocycles. The second-order valence-corrected chi connectivity index (χ2v) is 4.97. The highest BCUT2D eigenvalue weighted by Crippen LogP contribution is 2.37. The Bertz CT molecular complexity index is 484. The minimum absolute atomic E-state index is 0.0148. The molecule has 1 aromatic heterocycles. The van der Waals surface area contributed by atoms with Crippen LogP contribution in [0.1, 0.15) is 22.3 Å². The van der Waals surface area contributed by atoms with Crippen LogP contribution in [-0.2, 0) is 15.7 Å². The molecular weight excluding hydrogens is 297 g/mol. The molecule has 9 heteroatoms. The van der Waals surface area contributed by atoms with Crippen LogP contribution in [0.2, 0.25) is 0 Å². The van der Waals surface area contributed by atoms with Crippen molar-refractivity contribution in [2.75, 3.05) is 37.8 Å². The summed E-state index contributed by atoms with van der Waals surface area (Å²) in [5.74, 6) is -0.989. The number of halogens is 3. The lowest BCUT2D eigenvalue weighted by atomic mass is 10.3. The monoisotopic (exact) mass is 310 g/mol. The normalized spacial score (nSPS) is 16.3. The van der Waals surface area contributed by atoms with E-state index >= 15 is 0 Å². The molecule has 0 spiro atoms. The summed E-state index contributed by atoms with van der Waals surface area (Å²) in [7, 11) is 0. The van der Waals surface area contributed by atoms with Crippen LogP contribution in [-0.4, -0.2) is 43.9 Å². The van der Waals surface area contributed by atoms with E-state index in [0.29, 0.717) is 37.6 Å². The van der Waals surface area contributed by atoms with Crippen LogP contribution in [0.15, 0.2) is 0 Å². The Kier molecular flexibility index (Phi) is 4.48. The molecule has 5 nitrogen and oxygen atoms in total. The number of anilines is 1. The van der Waals surface area contributed by atoms with Gasteiger partial charge in [-0.2, -0.15) is 13.2 Å². The molecule has 0 aromatic carbocycles. The van der Waals surface area contributed by atoms with Crippen molar-refractivity contribution in [1.82, 2.24) is 4.98 Å². The number of ether oxygens (including phenoxy) is 2. The summed E-state index contributed by atoms with van der Waals surface area (Å²) < 4.78 is 48.6. The fourth-order valence-corrected chi connectivity index (χ4v) is 2.76. The first kappa shape index (κ1) is 15.0. The summed E-state index contributed by atoms with van der Waals surface area (Å²) in [6.45, 7) is 3.31. The largest absolute Gasteiger partial charge is 0.462 e. The Labute approximate surface area is 117 Å². The minimum atomic E-state index is -4.68. The van der Waals surface area contributed by atoms with E-state index in [1.807, 2.05) is 0 Å². The van der Waals surface area contributed by atoms with E-state index in [-0.39, 0.29) is 11.7 Å². The molecule has 1 fully saturated rings. The topological polar surface area (TPSA) is 51.7 Å². The Balaban J connectivity index is 2.33. The highest BCUT2D eigenvalue weighted by Gasteiger charge is 2.40. The van der Waals surface area contributed by atoms with Crippen molar-refractivity contribution >= 4 is 22.4 Å². The van der Waals surface area contributed by atoms with Gasteiger partial charge in [0.05, 0.1) is 19.8 Å². The second kappa shape index (κ2) is 5.96. The third-order valence-corrected chi connectivity index (χ3v) is 3.72. The maximum absolute atomic E-state index is 12.9. The van der Waals surface area contributed by atoms with Gasteiger partial charge in [0.2, 0.25) is 0 Å². The predicted molar refractivity (Wildman–Crippen MR) is 66.1 cm³/mol. The maximum Gasteiger partial charge on any atom is 0.435 e. The van der Waals surface area contributed by atoms with Gasteiger partial charge < -0.3 is 14.4 Å². The average Bonchev–Trinajstić information content (AvgIpc) is 2.85. The summed E-state index contributed by atoms with van der Waals surface area (Å²) in [4.78, 5) is 16.4. The smallest absolute Gasteiger partial charge is 0.435 e. The zero-order valence-electron chi connectivity index (χ0n) is 10.7. The van der Waals surface area contributed by atoms with Gasteiger partial charge >= 0.3 is 12.1 Å². The number of hydrogen-bond acceptors (Lipinski definition) is 6. The standard InChI is InChI=1S/C11H13F3N2O3S/c1-2-19-9(17)7-8(11(12,13)14)15-10(20-7)16-3-5-18-6-4-16/h2-6H2,1H3. The van der Waals surface area contributed by atoms with Crippen molar-refractivity contribution < 1.29 is 27.4 Å². The first-order valence-corrected chi connectivity index (χ1v) is 6.83. The third-order valence-electron chi connectivity index (χ3n) is 2.63. The van der Waals surface area contributed by atoms with Gasteiger partial charge in [-0.3, -0.25) is 0 Å². The summed E-state index contributed by atoms with van der Waals surface area (Å²) in [6, 6.07) is 0. The lowest BCUT2D eigenvalue weighted by molar-refractivity contribution is -0.141. The molecule has 0 aliphatic carbocycles. The molecule has 112 valence electrons. The van der Waals surface area contributed by atoms with E-state index in [1.165, 1.54) is 6.92 Å². The molecule has 0 saturated carbocycles. The summed E-state index contributed by atoms with van der Waals surface area (Å²) in [5, 5.41) is 0.170. The molecule has 0 radical (unpaired) electrons. The number of morpholine rings is 1. The molecule has 0 N–H and O–H groups in total. The zero-order valence-corrected chi connectivity index (χ0v) is 11.5. The molecule has 0 bridgehead atoms. The number of carbonyl (C=O) groups is 1. The first-order valence-electron chi connectivity index (χ1n) is 6.01. The van der Waals surface area contributed by atoms with E-state index in [0.717, 1.165) is 0 Å². The summed E-state index contributed by atoms with van der Waals surface area (Å²) >= 11 is 0.706. The Morgan fingerprint density at radius 2 is 2.10 bits per heavy atom. The van der Waals surface area contributed by atoms with Gasteiger partial charge in [0.25, 0.3) is 0 Å². The van der Waals surface area contributed by atoms with Crippen LogP contribution in [0.4, 0.5) is 18.3 Å². The molecule has 20 heavy (non-hydrogen) atoms. The molecule has 0 atom stereocenters. The Morgan fingerprint density at radius 3 is 2.65 bits per heavy atom. The van der Waals surface area contributed by atoms with E-state index in [9.17, 15) is 18.0 Å². The molecule has 2 heterocycles. The van der Waals surface area contributed by atoms with Crippen LogP contribution in [0, 0.1) is 0 Å². The molecule has 0 unspecified atom stereocenters. The number of aromatic nitrogens is 1. The van der Waals surface area contributed by atoms with Crippen LogP contribution in [0.25, 0.3) is 0 Å². The van der Waals surface area contributed by atoms with Gasteiger partial charge in [0, 0.05) is 13.1 Å².